The van der Waals surface area contributed by atoms with Crippen LogP contribution >= 0.6 is 11.6 Å². The van der Waals surface area contributed by atoms with E-state index in [1.165, 1.54) is 29.8 Å². The topological polar surface area (TPSA) is 91.6 Å². The van der Waals surface area contributed by atoms with Gasteiger partial charge < -0.3 is 13.8 Å². The molecular formula is C57H72ClFN4O2. The molecule has 9 aromatic rings. The lowest BCUT2D eigenvalue weighted by Crippen LogP contribution is -1.74. The Balaban J connectivity index is 0.000000762. The molecule has 0 unspecified atom stereocenters. The van der Waals surface area contributed by atoms with Gasteiger partial charge in [-0.1, -0.05) is 177 Å². The molecule has 0 saturated carbocycles. The van der Waals surface area contributed by atoms with E-state index in [1.54, 1.807) is 6.07 Å². The summed E-state index contributed by atoms with van der Waals surface area (Å²) in [4.78, 5) is 12.0. The average Bonchev–Trinajstić information content (AvgIpc) is 4.08. The molecule has 6 nitrogen and oxygen atoms in total. The Kier molecular flexibility index (Phi) is 33.3. The summed E-state index contributed by atoms with van der Waals surface area (Å²) in [7, 11) is 0.500. The van der Waals surface area contributed by atoms with Crippen molar-refractivity contribution in [3.8, 4) is 29.0 Å². The normalized spacial score (nSPS) is 9.25. The summed E-state index contributed by atoms with van der Waals surface area (Å²) in [5, 5.41) is 8.59. The number of aromatic nitrogens is 3. The molecule has 0 atom stereocenters. The number of nitriles is 1. The Bertz CT molecular complexity index is 2260. The number of hydrogen-bond acceptors (Lipinski definition) is 5. The Labute approximate surface area is 394 Å². The van der Waals surface area contributed by atoms with E-state index in [-0.39, 0.29) is 0 Å². The van der Waals surface area contributed by atoms with Crippen LogP contribution in [0.1, 0.15) is 74.8 Å². The largest absolute Gasteiger partial charge is 0.436 e. The minimum Gasteiger partial charge on any atom is -0.436 e. The summed E-state index contributed by atoms with van der Waals surface area (Å²) >= 11 is 4.64. The molecule has 9 rings (SSSR count). The van der Waals surface area contributed by atoms with Gasteiger partial charge in [-0.2, -0.15) is 5.26 Å². The third-order valence-corrected chi connectivity index (χ3v) is 7.03. The van der Waals surface area contributed by atoms with Crippen LogP contribution in [0.15, 0.2) is 185 Å². The number of hydrogen-bond donors (Lipinski definition) is 1. The molecule has 0 aliphatic rings. The number of aryl methyl sites for hydroxylation is 1. The first-order chi connectivity index (χ1) is 31.3. The lowest BCUT2D eigenvalue weighted by atomic mass is 10.2. The molecule has 0 bridgehead atoms. The van der Waals surface area contributed by atoms with E-state index in [0.29, 0.717) is 19.0 Å². The number of halogens is 2. The van der Waals surface area contributed by atoms with Gasteiger partial charge >= 0.3 is 0 Å². The molecule has 6 aromatic carbocycles. The van der Waals surface area contributed by atoms with Crippen LogP contribution in [0.5, 0.6) is 0 Å². The third kappa shape index (κ3) is 27.3. The van der Waals surface area contributed by atoms with Crippen molar-refractivity contribution in [3.05, 3.63) is 182 Å². The number of nitrogens with zero attached hydrogens (tertiary/aromatic N) is 3. The van der Waals surface area contributed by atoms with Crippen LogP contribution in [0.2, 0.25) is 0 Å². The number of H-pyrrole nitrogens is 1. The highest BCUT2D eigenvalue weighted by atomic mass is 35.5. The smallest absolute Gasteiger partial charge is 0.227 e. The number of rotatable bonds is 2. The zero-order chi connectivity index (χ0) is 48.8. The van der Waals surface area contributed by atoms with Crippen molar-refractivity contribution in [3.63, 3.8) is 0 Å². The molecule has 3 heterocycles. The standard InChI is InChI=1S/2C13H9NO.C8H7N.C7H8.3C4H10.C2H3N.CH3Cl.CH3F/c2*1-2-6-10(7-3-1)13-14-11-8-4-5-9-12(11)15-13;1-2-4-8-7(3-1)5-6-9-8;1-7-5-3-2-4-6-7;3*1-4(2)3;1-2-3;2*1-2/h2*1-9H;1-6,9H;2-6H,1H3;3*4H,1-3H3;1H3;2*1H3. The monoisotopic (exact) mass is 899 g/mol. The van der Waals surface area contributed by atoms with Gasteiger partial charge in [0.05, 0.1) is 13.2 Å². The predicted octanol–water partition coefficient (Wildman–Crippen LogP) is 18.1. The molecule has 0 fully saturated rings. The summed E-state index contributed by atoms with van der Waals surface area (Å²) in [5.74, 6) is 3.86. The van der Waals surface area contributed by atoms with Crippen LogP contribution in [-0.4, -0.2) is 28.5 Å². The van der Waals surface area contributed by atoms with Crippen molar-refractivity contribution in [1.29, 1.82) is 5.26 Å². The number of benzene rings is 6. The van der Waals surface area contributed by atoms with Gasteiger partial charge in [0.1, 0.15) is 11.0 Å². The van der Waals surface area contributed by atoms with Crippen molar-refractivity contribution >= 4 is 44.7 Å². The molecule has 8 heteroatoms. The summed E-state index contributed by atoms with van der Waals surface area (Å²) < 4.78 is 20.8. The number of para-hydroxylation sites is 5. The highest BCUT2D eigenvalue weighted by Crippen LogP contribution is 2.24. The molecule has 346 valence electrons. The molecule has 65 heavy (non-hydrogen) atoms. The molecular weight excluding hydrogens is 827 g/mol. The van der Waals surface area contributed by atoms with Gasteiger partial charge in [0.25, 0.3) is 0 Å². The Hall–Kier alpha value is -6.49. The second-order valence-corrected chi connectivity index (χ2v) is 15.8. The van der Waals surface area contributed by atoms with E-state index in [9.17, 15) is 4.39 Å². The third-order valence-electron chi connectivity index (χ3n) is 7.03. The number of nitrogens with one attached hydrogen (secondary N) is 1. The van der Waals surface area contributed by atoms with Gasteiger partial charge in [0.2, 0.25) is 11.8 Å². The van der Waals surface area contributed by atoms with E-state index in [4.69, 9.17) is 14.1 Å². The van der Waals surface area contributed by atoms with Crippen molar-refractivity contribution in [1.82, 2.24) is 15.0 Å². The van der Waals surface area contributed by atoms with Crippen LogP contribution in [-0.2, 0) is 0 Å². The minimum atomic E-state index is 0.500. The molecule has 0 saturated heterocycles. The first-order valence-electron chi connectivity index (χ1n) is 21.8. The molecule has 0 aliphatic carbocycles. The van der Waals surface area contributed by atoms with Gasteiger partial charge in [0.15, 0.2) is 11.2 Å². The fraction of sp³-hybridized carbons (Fsp3) is 0.281. The minimum absolute atomic E-state index is 0.500. The van der Waals surface area contributed by atoms with Crippen LogP contribution < -0.4 is 0 Å². The van der Waals surface area contributed by atoms with Crippen molar-refractivity contribution < 1.29 is 13.2 Å². The molecule has 1 N–H and O–H groups in total. The van der Waals surface area contributed by atoms with Crippen LogP contribution in [0, 0.1) is 36.0 Å². The van der Waals surface area contributed by atoms with Gasteiger partial charge in [-0.25, -0.2) is 9.97 Å². The first-order valence-corrected chi connectivity index (χ1v) is 22.5. The molecule has 0 radical (unpaired) electrons. The highest BCUT2D eigenvalue weighted by Gasteiger charge is 2.07. The molecule has 0 spiro atoms. The maximum atomic E-state index is 9.50. The predicted molar refractivity (Wildman–Crippen MR) is 280 cm³/mol. The van der Waals surface area contributed by atoms with Crippen molar-refractivity contribution in [2.75, 3.05) is 13.6 Å². The van der Waals surface area contributed by atoms with Gasteiger partial charge in [-0.05, 0) is 90.7 Å². The average molecular weight is 900 g/mol. The van der Waals surface area contributed by atoms with Crippen LogP contribution in [0.4, 0.5) is 4.39 Å². The molecule has 3 aromatic heterocycles. The number of alkyl halides is 2. The van der Waals surface area contributed by atoms with Crippen molar-refractivity contribution in [2.24, 2.45) is 17.8 Å². The number of oxazole rings is 2. The summed E-state index contributed by atoms with van der Waals surface area (Å²) in [6.45, 7) is 23.0. The zero-order valence-electron chi connectivity index (χ0n) is 40.9. The van der Waals surface area contributed by atoms with Gasteiger partial charge in [0, 0.05) is 36.1 Å². The second-order valence-electron chi connectivity index (χ2n) is 15.8. The number of aromatic amines is 1. The Morgan fingerprint density at radius 3 is 1.12 bits per heavy atom. The fourth-order valence-corrected chi connectivity index (χ4v) is 4.68. The first kappa shape index (κ1) is 58.5. The maximum absolute atomic E-state index is 9.50. The van der Waals surface area contributed by atoms with E-state index < -0.39 is 0 Å². The summed E-state index contributed by atoms with van der Waals surface area (Å²) in [5.41, 5.74) is 8.00. The Morgan fingerprint density at radius 1 is 0.492 bits per heavy atom. The van der Waals surface area contributed by atoms with E-state index in [1.807, 2.05) is 146 Å². The second kappa shape index (κ2) is 36.9. The summed E-state index contributed by atoms with van der Waals surface area (Å²) in [6.07, 6.45) is 3.42. The van der Waals surface area contributed by atoms with E-state index in [2.05, 4.69) is 126 Å². The lowest BCUT2D eigenvalue weighted by molar-refractivity contribution is 0.619. The molecule has 0 aliphatic heterocycles. The SMILES string of the molecule is CC#N.CC(C)C.CC(C)C.CC(C)C.CCl.CF.Cc1ccccc1.c1ccc(-c2nc3ccccc3o2)cc1.c1ccc(-c2nc3ccccc3o2)cc1.c1ccc2[nH]ccc2c1. The quantitative estimate of drug-likeness (QED) is 0.175. The van der Waals surface area contributed by atoms with Crippen LogP contribution in [0.3, 0.4) is 0 Å². The zero-order valence-corrected chi connectivity index (χ0v) is 41.6. The highest BCUT2D eigenvalue weighted by molar-refractivity contribution is 6.15. The fourth-order valence-electron chi connectivity index (χ4n) is 4.68. The van der Waals surface area contributed by atoms with Crippen LogP contribution in [0.25, 0.3) is 56.0 Å². The number of fused-ring (bicyclic) bond motifs is 3. The summed E-state index contributed by atoms with van der Waals surface area (Å²) in [6, 6.07) is 57.7. The van der Waals surface area contributed by atoms with Crippen molar-refractivity contribution in [2.45, 2.75) is 76.2 Å². The lowest BCUT2D eigenvalue weighted by Gasteiger charge is -1.91. The van der Waals surface area contributed by atoms with Gasteiger partial charge in [-0.3, -0.25) is 4.39 Å². The maximum Gasteiger partial charge on any atom is 0.227 e. The molecule has 0 amide bonds. The Morgan fingerprint density at radius 2 is 0.800 bits per heavy atom. The van der Waals surface area contributed by atoms with E-state index in [0.717, 1.165) is 51.1 Å². The van der Waals surface area contributed by atoms with E-state index >= 15 is 0 Å². The van der Waals surface area contributed by atoms with Gasteiger partial charge in [-0.15, -0.1) is 11.6 Å².